The quantitative estimate of drug-likeness (QED) is 0.294. The highest BCUT2D eigenvalue weighted by Crippen LogP contribution is 1.98. The van der Waals surface area contributed by atoms with Gasteiger partial charge in [-0.25, -0.2) is 4.98 Å². The molecule has 0 aliphatic carbocycles. The minimum atomic E-state index is 0.194. The molecule has 0 aliphatic rings. The number of hydrogen-bond donors (Lipinski definition) is 2. The zero-order valence-electron chi connectivity index (χ0n) is 8.96. The summed E-state index contributed by atoms with van der Waals surface area (Å²) in [6.07, 6.45) is 1.51. The molecule has 3 N–H and O–H groups in total. The molecule has 1 heterocycles. The van der Waals surface area contributed by atoms with Crippen molar-refractivity contribution >= 4 is 5.84 Å². The van der Waals surface area contributed by atoms with E-state index in [2.05, 4.69) is 15.2 Å². The molecule has 0 amide bonds. The van der Waals surface area contributed by atoms with Gasteiger partial charge in [-0.15, -0.1) is 0 Å². The number of aromatic nitrogens is 3. The fraction of sp³-hybridized carbons (Fsp3) is 0.625. The average Bonchev–Trinajstić information content (AvgIpc) is 2.63. The highest BCUT2D eigenvalue weighted by atomic mass is 16.4. The first-order chi connectivity index (χ1) is 7.17. The first-order valence-electron chi connectivity index (χ1n) is 4.69. The molecule has 0 radical (unpaired) electrons. The van der Waals surface area contributed by atoms with Crippen LogP contribution >= 0.6 is 0 Å². The summed E-state index contributed by atoms with van der Waals surface area (Å²) >= 11 is 0. The van der Waals surface area contributed by atoms with Crippen molar-refractivity contribution in [2.75, 3.05) is 13.1 Å². The highest BCUT2D eigenvalue weighted by Gasteiger charge is 2.09. The molecule has 1 rings (SSSR count). The molecule has 7 nitrogen and oxygen atoms in total. The average molecular weight is 212 g/mol. The molecule has 7 heteroatoms. The van der Waals surface area contributed by atoms with Crippen molar-refractivity contribution in [1.82, 2.24) is 19.7 Å². The summed E-state index contributed by atoms with van der Waals surface area (Å²) in [7, 11) is 1.83. The maximum absolute atomic E-state index is 8.46. The van der Waals surface area contributed by atoms with E-state index in [1.165, 1.54) is 6.33 Å². The van der Waals surface area contributed by atoms with Crippen LogP contribution in [-0.2, 0) is 13.6 Å². The third-order valence-corrected chi connectivity index (χ3v) is 2.13. The molecule has 0 bridgehead atoms. The topological polar surface area (TPSA) is 92.6 Å². The summed E-state index contributed by atoms with van der Waals surface area (Å²) in [6, 6.07) is 0. The fourth-order valence-corrected chi connectivity index (χ4v) is 1.20. The second-order valence-corrected chi connectivity index (χ2v) is 3.19. The van der Waals surface area contributed by atoms with Gasteiger partial charge in [0.1, 0.15) is 12.2 Å². The van der Waals surface area contributed by atoms with Crippen LogP contribution in [0.5, 0.6) is 0 Å². The fourth-order valence-electron chi connectivity index (χ4n) is 1.20. The Morgan fingerprint density at radius 2 is 2.47 bits per heavy atom. The van der Waals surface area contributed by atoms with Crippen LogP contribution in [0, 0.1) is 0 Å². The van der Waals surface area contributed by atoms with Crippen LogP contribution < -0.4 is 5.73 Å². The lowest BCUT2D eigenvalue weighted by Gasteiger charge is -2.18. The van der Waals surface area contributed by atoms with Crippen molar-refractivity contribution in [3.05, 3.63) is 12.2 Å². The lowest BCUT2D eigenvalue weighted by molar-refractivity contribution is 0.288. The second-order valence-electron chi connectivity index (χ2n) is 3.19. The largest absolute Gasteiger partial charge is 0.409 e. The Balaban J connectivity index is 2.58. The van der Waals surface area contributed by atoms with Crippen molar-refractivity contribution in [3.8, 4) is 0 Å². The van der Waals surface area contributed by atoms with Crippen molar-refractivity contribution in [2.24, 2.45) is 17.9 Å². The molecule has 84 valence electrons. The third kappa shape index (κ3) is 3.21. The van der Waals surface area contributed by atoms with Gasteiger partial charge < -0.3 is 10.9 Å². The van der Waals surface area contributed by atoms with Crippen LogP contribution in [0.4, 0.5) is 0 Å². The predicted molar refractivity (Wildman–Crippen MR) is 55.4 cm³/mol. The Labute approximate surface area is 88.2 Å². The number of rotatable bonds is 5. The molecule has 0 fully saturated rings. The van der Waals surface area contributed by atoms with E-state index in [1.54, 1.807) is 4.68 Å². The van der Waals surface area contributed by atoms with Crippen molar-refractivity contribution in [2.45, 2.75) is 13.5 Å². The van der Waals surface area contributed by atoms with Gasteiger partial charge in [0, 0.05) is 7.05 Å². The summed E-state index contributed by atoms with van der Waals surface area (Å²) in [5.74, 6) is 1.04. The predicted octanol–water partition coefficient (Wildman–Crippen LogP) is -0.617. The zero-order valence-corrected chi connectivity index (χ0v) is 8.96. The number of aryl methyl sites for hydroxylation is 1. The van der Waals surface area contributed by atoms with Crippen LogP contribution in [0.25, 0.3) is 0 Å². The van der Waals surface area contributed by atoms with Gasteiger partial charge in [0.15, 0.2) is 5.84 Å². The first kappa shape index (κ1) is 11.4. The van der Waals surface area contributed by atoms with Crippen LogP contribution in [0.1, 0.15) is 12.7 Å². The van der Waals surface area contributed by atoms with E-state index in [4.69, 9.17) is 10.9 Å². The SMILES string of the molecule is CCN(CC(N)=NO)Cc1ncnn1C. The lowest BCUT2D eigenvalue weighted by Crippen LogP contribution is -2.34. The van der Waals surface area contributed by atoms with Gasteiger partial charge in [0.25, 0.3) is 0 Å². The van der Waals surface area contributed by atoms with Gasteiger partial charge in [0.2, 0.25) is 0 Å². The van der Waals surface area contributed by atoms with E-state index in [0.29, 0.717) is 13.1 Å². The number of hydrogen-bond acceptors (Lipinski definition) is 5. The van der Waals surface area contributed by atoms with E-state index in [9.17, 15) is 0 Å². The highest BCUT2D eigenvalue weighted by molar-refractivity contribution is 5.81. The molecule has 0 unspecified atom stereocenters. The molecule has 1 aromatic rings. The van der Waals surface area contributed by atoms with Crippen molar-refractivity contribution in [3.63, 3.8) is 0 Å². The Morgan fingerprint density at radius 3 is 2.93 bits per heavy atom. The second kappa shape index (κ2) is 5.30. The van der Waals surface area contributed by atoms with Crippen LogP contribution in [0.2, 0.25) is 0 Å². The Morgan fingerprint density at radius 1 is 1.73 bits per heavy atom. The first-order valence-corrected chi connectivity index (χ1v) is 4.69. The molecule has 0 atom stereocenters. The standard InChI is InChI=1S/C8H16N6O/c1-3-14(4-7(9)12-15)5-8-10-6-11-13(8)2/h6,15H,3-5H2,1-2H3,(H2,9,12). The third-order valence-electron chi connectivity index (χ3n) is 2.13. The van der Waals surface area contributed by atoms with E-state index < -0.39 is 0 Å². The molecule has 0 aromatic carbocycles. The van der Waals surface area contributed by atoms with Crippen molar-refractivity contribution < 1.29 is 5.21 Å². The Kier molecular flexibility index (Phi) is 4.04. The van der Waals surface area contributed by atoms with Crippen LogP contribution in [-0.4, -0.2) is 43.8 Å². The number of amidine groups is 1. The Bertz CT molecular complexity index is 334. The molecule has 15 heavy (non-hydrogen) atoms. The molecule has 0 saturated heterocycles. The van der Waals surface area contributed by atoms with Gasteiger partial charge in [0.05, 0.1) is 13.1 Å². The summed E-state index contributed by atoms with van der Waals surface area (Å²) in [5.41, 5.74) is 5.43. The van der Waals surface area contributed by atoms with E-state index in [0.717, 1.165) is 12.4 Å². The Hall–Kier alpha value is -1.63. The van der Waals surface area contributed by atoms with E-state index >= 15 is 0 Å². The normalized spacial score (nSPS) is 12.3. The summed E-state index contributed by atoms with van der Waals surface area (Å²) in [5, 5.41) is 15.4. The smallest absolute Gasteiger partial charge is 0.153 e. The number of nitrogens with two attached hydrogens (primary N) is 1. The minimum absolute atomic E-state index is 0.194. The summed E-state index contributed by atoms with van der Waals surface area (Å²) < 4.78 is 1.70. The monoisotopic (exact) mass is 212 g/mol. The van der Waals surface area contributed by atoms with Crippen molar-refractivity contribution in [1.29, 1.82) is 0 Å². The molecular weight excluding hydrogens is 196 g/mol. The van der Waals surface area contributed by atoms with Gasteiger partial charge >= 0.3 is 0 Å². The number of likely N-dealkylation sites (N-methyl/N-ethyl adjacent to an activating group) is 1. The van der Waals surface area contributed by atoms with E-state index in [1.807, 2.05) is 18.9 Å². The molecule has 0 saturated carbocycles. The van der Waals surface area contributed by atoms with Gasteiger partial charge in [-0.1, -0.05) is 12.1 Å². The maximum atomic E-state index is 8.46. The van der Waals surface area contributed by atoms with Gasteiger partial charge in [-0.2, -0.15) is 5.10 Å². The minimum Gasteiger partial charge on any atom is -0.409 e. The van der Waals surface area contributed by atoms with Crippen LogP contribution in [0.3, 0.4) is 0 Å². The van der Waals surface area contributed by atoms with Gasteiger partial charge in [-0.05, 0) is 6.54 Å². The number of oxime groups is 1. The molecule has 1 aromatic heterocycles. The summed E-state index contributed by atoms with van der Waals surface area (Å²) in [6.45, 7) is 3.84. The molecular formula is C8H16N6O. The zero-order chi connectivity index (χ0) is 11.3. The number of nitrogens with zero attached hydrogens (tertiary/aromatic N) is 5. The molecule has 0 spiro atoms. The lowest BCUT2D eigenvalue weighted by atomic mass is 10.4. The van der Waals surface area contributed by atoms with Crippen LogP contribution in [0.15, 0.2) is 11.5 Å². The summed E-state index contributed by atoms with van der Waals surface area (Å²) in [4.78, 5) is 6.10. The maximum Gasteiger partial charge on any atom is 0.153 e. The van der Waals surface area contributed by atoms with Gasteiger partial charge in [-0.3, -0.25) is 9.58 Å². The van der Waals surface area contributed by atoms with E-state index in [-0.39, 0.29) is 5.84 Å². The molecule has 0 aliphatic heterocycles.